The van der Waals surface area contributed by atoms with Crippen molar-refractivity contribution in [1.82, 2.24) is 9.88 Å². The summed E-state index contributed by atoms with van der Waals surface area (Å²) in [5.74, 6) is -0.0500. The number of aryl methyl sites for hydroxylation is 1. The van der Waals surface area contributed by atoms with Gasteiger partial charge >= 0.3 is 0 Å². The number of rotatable bonds is 4. The molecule has 2 N–H and O–H groups in total. The molecular formula is C15H20N4OS. The second kappa shape index (κ2) is 6.13. The molecule has 0 aliphatic carbocycles. The van der Waals surface area contributed by atoms with Gasteiger partial charge in [-0.05, 0) is 25.1 Å². The minimum atomic E-state index is -0.0500. The van der Waals surface area contributed by atoms with Crippen LogP contribution < -0.4 is 10.6 Å². The van der Waals surface area contributed by atoms with Crippen LogP contribution in [0.25, 0.3) is 0 Å². The number of hydrogen-bond acceptors (Lipinski definition) is 5. The predicted octanol–water partition coefficient (Wildman–Crippen LogP) is 2.37. The van der Waals surface area contributed by atoms with E-state index in [0.717, 1.165) is 16.4 Å². The number of hydrogen-bond donors (Lipinski definition) is 1. The Hall–Kier alpha value is -2.08. The second-order valence-corrected chi connectivity index (χ2v) is 6.25. The monoisotopic (exact) mass is 304 g/mol. The standard InChI is InChI=1S/C15H20N4OS/c1-10-17-12(9-21-10)8-19(4)14-6-5-11(7-13(14)16)15(20)18(2)3/h5-7,9H,8,16H2,1-4H3. The average Bonchev–Trinajstić information content (AvgIpc) is 2.82. The number of nitrogen functional groups attached to an aromatic ring is 1. The van der Waals surface area contributed by atoms with E-state index >= 15 is 0 Å². The number of thiazole rings is 1. The highest BCUT2D eigenvalue weighted by atomic mass is 32.1. The number of amides is 1. The minimum absolute atomic E-state index is 0.0500. The van der Waals surface area contributed by atoms with Crippen LogP contribution in [0.2, 0.25) is 0 Å². The van der Waals surface area contributed by atoms with Crippen molar-refractivity contribution in [3.05, 3.63) is 39.8 Å². The fourth-order valence-electron chi connectivity index (χ4n) is 2.10. The van der Waals surface area contributed by atoms with Crippen molar-refractivity contribution < 1.29 is 4.79 Å². The highest BCUT2D eigenvalue weighted by Gasteiger charge is 2.12. The van der Waals surface area contributed by atoms with Crippen LogP contribution in [0.1, 0.15) is 21.1 Å². The lowest BCUT2D eigenvalue weighted by Gasteiger charge is -2.21. The first kappa shape index (κ1) is 15.3. The number of nitrogens with two attached hydrogens (primary N) is 1. The summed E-state index contributed by atoms with van der Waals surface area (Å²) in [6.07, 6.45) is 0. The number of benzene rings is 1. The van der Waals surface area contributed by atoms with E-state index in [1.165, 1.54) is 4.90 Å². The Morgan fingerprint density at radius 3 is 2.57 bits per heavy atom. The summed E-state index contributed by atoms with van der Waals surface area (Å²) in [5.41, 5.74) is 9.20. The molecule has 0 saturated carbocycles. The molecule has 112 valence electrons. The van der Waals surface area contributed by atoms with Crippen molar-refractivity contribution in [2.75, 3.05) is 31.8 Å². The Morgan fingerprint density at radius 1 is 1.33 bits per heavy atom. The predicted molar refractivity (Wildman–Crippen MR) is 87.8 cm³/mol. The molecule has 0 aliphatic heterocycles. The molecule has 0 atom stereocenters. The molecule has 0 fully saturated rings. The zero-order valence-corrected chi connectivity index (χ0v) is 13.6. The first-order chi connectivity index (χ1) is 9.88. The number of carbonyl (C=O) groups excluding carboxylic acids is 1. The Kier molecular flexibility index (Phi) is 4.47. The van der Waals surface area contributed by atoms with Gasteiger partial charge in [0.15, 0.2) is 0 Å². The van der Waals surface area contributed by atoms with Gasteiger partial charge in [0, 0.05) is 32.1 Å². The van der Waals surface area contributed by atoms with Crippen molar-refractivity contribution in [3.63, 3.8) is 0 Å². The van der Waals surface area contributed by atoms with Gasteiger partial charge < -0.3 is 15.5 Å². The van der Waals surface area contributed by atoms with Crippen molar-refractivity contribution in [2.24, 2.45) is 0 Å². The SMILES string of the molecule is Cc1nc(CN(C)c2ccc(C(=O)N(C)C)cc2N)cs1. The summed E-state index contributed by atoms with van der Waals surface area (Å²) in [5, 5.41) is 3.10. The van der Waals surface area contributed by atoms with E-state index in [0.29, 0.717) is 17.8 Å². The van der Waals surface area contributed by atoms with Gasteiger partial charge in [0.05, 0.1) is 28.6 Å². The summed E-state index contributed by atoms with van der Waals surface area (Å²) in [4.78, 5) is 19.9. The molecule has 2 aromatic rings. The molecule has 2 rings (SSSR count). The van der Waals surface area contributed by atoms with Crippen LogP contribution in [0.4, 0.5) is 11.4 Å². The molecule has 0 aliphatic rings. The van der Waals surface area contributed by atoms with Crippen LogP contribution in [0, 0.1) is 6.92 Å². The van der Waals surface area contributed by atoms with Gasteiger partial charge in [-0.2, -0.15) is 0 Å². The zero-order chi connectivity index (χ0) is 15.6. The molecule has 1 heterocycles. The summed E-state index contributed by atoms with van der Waals surface area (Å²) in [7, 11) is 5.42. The van der Waals surface area contributed by atoms with E-state index in [9.17, 15) is 4.79 Å². The van der Waals surface area contributed by atoms with Crippen LogP contribution in [0.15, 0.2) is 23.6 Å². The van der Waals surface area contributed by atoms with Gasteiger partial charge in [0.2, 0.25) is 0 Å². The minimum Gasteiger partial charge on any atom is -0.397 e. The first-order valence-electron chi connectivity index (χ1n) is 6.62. The maximum absolute atomic E-state index is 11.9. The van der Waals surface area contributed by atoms with Crippen LogP contribution >= 0.6 is 11.3 Å². The van der Waals surface area contributed by atoms with E-state index in [1.807, 2.05) is 30.3 Å². The Bertz CT molecular complexity index is 651. The van der Waals surface area contributed by atoms with Crippen LogP contribution in [-0.4, -0.2) is 36.9 Å². The lowest BCUT2D eigenvalue weighted by atomic mass is 10.1. The third kappa shape index (κ3) is 3.52. The average molecular weight is 304 g/mol. The fourth-order valence-corrected chi connectivity index (χ4v) is 2.71. The fraction of sp³-hybridized carbons (Fsp3) is 0.333. The lowest BCUT2D eigenvalue weighted by molar-refractivity contribution is 0.0827. The van der Waals surface area contributed by atoms with Gasteiger partial charge in [-0.15, -0.1) is 11.3 Å². The summed E-state index contributed by atoms with van der Waals surface area (Å²) >= 11 is 1.64. The lowest BCUT2D eigenvalue weighted by Crippen LogP contribution is -2.22. The van der Waals surface area contributed by atoms with E-state index in [2.05, 4.69) is 4.98 Å². The van der Waals surface area contributed by atoms with Gasteiger partial charge in [-0.25, -0.2) is 4.98 Å². The summed E-state index contributed by atoms with van der Waals surface area (Å²) in [6.45, 7) is 2.68. The normalized spacial score (nSPS) is 10.5. The second-order valence-electron chi connectivity index (χ2n) is 5.19. The van der Waals surface area contributed by atoms with Crippen molar-refractivity contribution in [2.45, 2.75) is 13.5 Å². The molecule has 1 amide bonds. The number of carbonyl (C=O) groups is 1. The number of nitrogens with zero attached hydrogens (tertiary/aromatic N) is 3. The topological polar surface area (TPSA) is 62.5 Å². The number of aromatic nitrogens is 1. The van der Waals surface area contributed by atoms with Gasteiger partial charge in [-0.3, -0.25) is 4.79 Å². The first-order valence-corrected chi connectivity index (χ1v) is 7.49. The third-order valence-corrected chi connectivity index (χ3v) is 3.98. The molecule has 0 unspecified atom stereocenters. The van der Waals surface area contributed by atoms with Crippen molar-refractivity contribution in [1.29, 1.82) is 0 Å². The highest BCUT2D eigenvalue weighted by Crippen LogP contribution is 2.25. The molecule has 1 aromatic carbocycles. The smallest absolute Gasteiger partial charge is 0.253 e. The number of anilines is 2. The van der Waals surface area contributed by atoms with E-state index in [-0.39, 0.29) is 5.91 Å². The molecular weight excluding hydrogens is 284 g/mol. The summed E-state index contributed by atoms with van der Waals surface area (Å²) in [6, 6.07) is 5.41. The van der Waals surface area contributed by atoms with Crippen LogP contribution in [-0.2, 0) is 6.54 Å². The quantitative estimate of drug-likeness (QED) is 0.881. The van der Waals surface area contributed by atoms with Crippen molar-refractivity contribution in [3.8, 4) is 0 Å². The Morgan fingerprint density at radius 2 is 2.05 bits per heavy atom. The molecule has 5 nitrogen and oxygen atoms in total. The molecule has 0 radical (unpaired) electrons. The van der Waals surface area contributed by atoms with Gasteiger partial charge in [0.25, 0.3) is 5.91 Å². The molecule has 0 saturated heterocycles. The summed E-state index contributed by atoms with van der Waals surface area (Å²) < 4.78 is 0. The molecule has 1 aromatic heterocycles. The third-order valence-electron chi connectivity index (χ3n) is 3.16. The molecule has 6 heteroatoms. The maximum Gasteiger partial charge on any atom is 0.253 e. The zero-order valence-electron chi connectivity index (χ0n) is 12.8. The highest BCUT2D eigenvalue weighted by molar-refractivity contribution is 7.09. The van der Waals surface area contributed by atoms with Crippen LogP contribution in [0.5, 0.6) is 0 Å². The van der Waals surface area contributed by atoms with Gasteiger partial charge in [0.1, 0.15) is 0 Å². The maximum atomic E-state index is 11.9. The molecule has 21 heavy (non-hydrogen) atoms. The van der Waals surface area contributed by atoms with E-state index in [1.54, 1.807) is 37.6 Å². The molecule has 0 spiro atoms. The largest absolute Gasteiger partial charge is 0.397 e. The Labute approximate surface area is 129 Å². The molecule has 0 bridgehead atoms. The van der Waals surface area contributed by atoms with E-state index < -0.39 is 0 Å². The Balaban J connectivity index is 2.18. The van der Waals surface area contributed by atoms with E-state index in [4.69, 9.17) is 5.73 Å². The van der Waals surface area contributed by atoms with Crippen molar-refractivity contribution >= 4 is 28.6 Å². The van der Waals surface area contributed by atoms with Crippen LogP contribution in [0.3, 0.4) is 0 Å². The van der Waals surface area contributed by atoms with Gasteiger partial charge in [-0.1, -0.05) is 0 Å².